The van der Waals surface area contributed by atoms with Crippen molar-refractivity contribution in [3.05, 3.63) is 35.4 Å². The van der Waals surface area contributed by atoms with Gasteiger partial charge in [0.1, 0.15) is 5.60 Å². The second-order valence-corrected chi connectivity index (χ2v) is 5.93. The molecule has 110 valence electrons. The highest BCUT2D eigenvalue weighted by atomic mass is 16.5. The topological polar surface area (TPSA) is 26.3 Å². The lowest BCUT2D eigenvalue weighted by Crippen LogP contribution is -2.39. The molecule has 2 rings (SSSR count). The summed E-state index contributed by atoms with van der Waals surface area (Å²) in [6.45, 7) is 6.52. The zero-order valence-corrected chi connectivity index (χ0v) is 12.9. The minimum absolute atomic E-state index is 0.253. The van der Waals surface area contributed by atoms with Crippen LogP contribution in [0.15, 0.2) is 24.3 Å². The molecule has 0 heterocycles. The van der Waals surface area contributed by atoms with Gasteiger partial charge < -0.3 is 4.74 Å². The summed E-state index contributed by atoms with van der Waals surface area (Å²) in [6, 6.07) is 8.58. The molecule has 2 nitrogen and oxygen atoms in total. The van der Waals surface area contributed by atoms with Crippen LogP contribution in [-0.4, -0.2) is 18.0 Å². The van der Waals surface area contributed by atoms with E-state index in [-0.39, 0.29) is 5.78 Å². The van der Waals surface area contributed by atoms with Crippen molar-refractivity contribution in [1.29, 1.82) is 0 Å². The van der Waals surface area contributed by atoms with Crippen LogP contribution in [0.25, 0.3) is 0 Å². The van der Waals surface area contributed by atoms with Crippen LogP contribution in [-0.2, 0) is 16.0 Å². The normalized spacial score (nSPS) is 21.1. The lowest BCUT2D eigenvalue weighted by atomic mass is 9.78. The van der Waals surface area contributed by atoms with Gasteiger partial charge >= 0.3 is 0 Å². The van der Waals surface area contributed by atoms with Crippen molar-refractivity contribution in [2.45, 2.75) is 64.4 Å². The first-order valence-electron chi connectivity index (χ1n) is 7.85. The van der Waals surface area contributed by atoms with E-state index < -0.39 is 5.60 Å². The molecule has 1 aromatic rings. The molecule has 0 aliphatic heterocycles. The lowest BCUT2D eigenvalue weighted by molar-refractivity contribution is -0.143. The van der Waals surface area contributed by atoms with Crippen LogP contribution in [0.4, 0.5) is 0 Å². The third-order valence-electron chi connectivity index (χ3n) is 4.65. The standard InChI is InChI=1S/C18H26O2/c1-4-18(3,20-5-2)17(19)13-15-11-8-10-14-9-6-7-12-16(14)15/h6-7,9,12,15H,4-5,8,10-11,13H2,1-3H3. The van der Waals surface area contributed by atoms with E-state index >= 15 is 0 Å². The smallest absolute Gasteiger partial charge is 0.164 e. The number of Topliss-reactive ketones (excluding diaryl/α,β-unsaturated/α-hetero) is 1. The van der Waals surface area contributed by atoms with Gasteiger partial charge in [-0.2, -0.15) is 0 Å². The van der Waals surface area contributed by atoms with E-state index in [1.165, 1.54) is 17.5 Å². The molecular weight excluding hydrogens is 248 g/mol. The largest absolute Gasteiger partial charge is 0.368 e. The molecule has 2 unspecified atom stereocenters. The Morgan fingerprint density at radius 3 is 2.80 bits per heavy atom. The van der Waals surface area contributed by atoms with Crippen LogP contribution < -0.4 is 0 Å². The van der Waals surface area contributed by atoms with Crippen LogP contribution in [0.1, 0.15) is 63.5 Å². The second-order valence-electron chi connectivity index (χ2n) is 5.93. The molecular formula is C18H26O2. The summed E-state index contributed by atoms with van der Waals surface area (Å²) in [6.07, 6.45) is 4.81. The SMILES string of the molecule is CCOC(C)(CC)C(=O)CC1CCCc2ccccc21. The van der Waals surface area contributed by atoms with Gasteiger partial charge in [0.15, 0.2) is 5.78 Å². The van der Waals surface area contributed by atoms with Crippen LogP contribution in [0.2, 0.25) is 0 Å². The van der Waals surface area contributed by atoms with Gasteiger partial charge in [-0.15, -0.1) is 0 Å². The fourth-order valence-electron chi connectivity index (χ4n) is 3.20. The van der Waals surface area contributed by atoms with E-state index in [4.69, 9.17) is 4.74 Å². The molecule has 1 aliphatic rings. The number of benzene rings is 1. The van der Waals surface area contributed by atoms with Gasteiger partial charge in [0.25, 0.3) is 0 Å². The summed E-state index contributed by atoms with van der Waals surface area (Å²) in [5, 5.41) is 0. The average Bonchev–Trinajstić information content (AvgIpc) is 2.47. The van der Waals surface area contributed by atoms with Gasteiger partial charge in [0.05, 0.1) is 0 Å². The lowest BCUT2D eigenvalue weighted by Gasteiger charge is -2.31. The predicted molar refractivity (Wildman–Crippen MR) is 82.1 cm³/mol. The fourth-order valence-corrected chi connectivity index (χ4v) is 3.20. The van der Waals surface area contributed by atoms with E-state index in [1.807, 2.05) is 20.8 Å². The minimum Gasteiger partial charge on any atom is -0.368 e. The molecule has 2 atom stereocenters. The third kappa shape index (κ3) is 3.12. The van der Waals surface area contributed by atoms with Gasteiger partial charge in [0.2, 0.25) is 0 Å². The third-order valence-corrected chi connectivity index (χ3v) is 4.65. The van der Waals surface area contributed by atoms with E-state index in [0.717, 1.165) is 19.3 Å². The number of hydrogen-bond donors (Lipinski definition) is 0. The van der Waals surface area contributed by atoms with E-state index in [9.17, 15) is 4.79 Å². The maximum Gasteiger partial charge on any atom is 0.164 e. The Kier molecular flexibility index (Phi) is 4.98. The van der Waals surface area contributed by atoms with Gasteiger partial charge in [-0.25, -0.2) is 0 Å². The summed E-state index contributed by atoms with van der Waals surface area (Å²) < 4.78 is 5.72. The number of carbonyl (C=O) groups is 1. The first kappa shape index (κ1) is 15.2. The molecule has 0 fully saturated rings. The Hall–Kier alpha value is -1.15. The quantitative estimate of drug-likeness (QED) is 0.774. The van der Waals surface area contributed by atoms with Crippen LogP contribution >= 0.6 is 0 Å². The molecule has 1 aliphatic carbocycles. The highest BCUT2D eigenvalue weighted by molar-refractivity contribution is 5.87. The van der Waals surface area contributed by atoms with Crippen LogP contribution in [0.5, 0.6) is 0 Å². The van der Waals surface area contributed by atoms with Gasteiger partial charge in [0, 0.05) is 13.0 Å². The zero-order valence-electron chi connectivity index (χ0n) is 12.9. The first-order valence-corrected chi connectivity index (χ1v) is 7.85. The van der Waals surface area contributed by atoms with E-state index in [2.05, 4.69) is 24.3 Å². The molecule has 0 saturated carbocycles. The molecule has 20 heavy (non-hydrogen) atoms. The number of fused-ring (bicyclic) bond motifs is 1. The van der Waals surface area contributed by atoms with E-state index in [1.54, 1.807) is 0 Å². The second kappa shape index (κ2) is 6.53. The maximum atomic E-state index is 12.6. The molecule has 1 aromatic carbocycles. The monoisotopic (exact) mass is 274 g/mol. The van der Waals surface area contributed by atoms with Crippen molar-refractivity contribution in [3.8, 4) is 0 Å². The van der Waals surface area contributed by atoms with Crippen molar-refractivity contribution in [3.63, 3.8) is 0 Å². The fraction of sp³-hybridized carbons (Fsp3) is 0.611. The first-order chi connectivity index (χ1) is 9.60. The summed E-state index contributed by atoms with van der Waals surface area (Å²) in [5.41, 5.74) is 2.19. The maximum absolute atomic E-state index is 12.6. The summed E-state index contributed by atoms with van der Waals surface area (Å²) in [5.74, 6) is 0.627. The number of ether oxygens (including phenoxy) is 1. The molecule has 0 saturated heterocycles. The van der Waals surface area contributed by atoms with Crippen molar-refractivity contribution >= 4 is 5.78 Å². The van der Waals surface area contributed by atoms with Crippen molar-refractivity contribution in [2.24, 2.45) is 0 Å². The Balaban J connectivity index is 2.13. The summed E-state index contributed by atoms with van der Waals surface area (Å²) in [7, 11) is 0. The van der Waals surface area contributed by atoms with Crippen molar-refractivity contribution in [2.75, 3.05) is 6.61 Å². The van der Waals surface area contributed by atoms with E-state index in [0.29, 0.717) is 18.9 Å². The van der Waals surface area contributed by atoms with Crippen LogP contribution in [0, 0.1) is 0 Å². The highest BCUT2D eigenvalue weighted by Crippen LogP contribution is 2.35. The Labute approximate surface area is 122 Å². The molecule has 0 aromatic heterocycles. The Morgan fingerprint density at radius 1 is 1.35 bits per heavy atom. The highest BCUT2D eigenvalue weighted by Gasteiger charge is 2.34. The molecule has 2 heteroatoms. The summed E-state index contributed by atoms with van der Waals surface area (Å²) in [4.78, 5) is 12.6. The number of ketones is 1. The molecule has 0 amide bonds. The van der Waals surface area contributed by atoms with Gasteiger partial charge in [-0.3, -0.25) is 4.79 Å². The minimum atomic E-state index is -0.610. The number of aryl methyl sites for hydroxylation is 1. The zero-order chi connectivity index (χ0) is 14.6. The van der Waals surface area contributed by atoms with Crippen molar-refractivity contribution in [1.82, 2.24) is 0 Å². The van der Waals surface area contributed by atoms with Crippen molar-refractivity contribution < 1.29 is 9.53 Å². The molecule has 0 radical (unpaired) electrons. The summed E-state index contributed by atoms with van der Waals surface area (Å²) >= 11 is 0. The Bertz CT molecular complexity index is 466. The number of hydrogen-bond acceptors (Lipinski definition) is 2. The molecule has 0 bridgehead atoms. The molecule has 0 N–H and O–H groups in total. The van der Waals surface area contributed by atoms with Gasteiger partial charge in [-0.1, -0.05) is 31.2 Å². The Morgan fingerprint density at radius 2 is 2.10 bits per heavy atom. The van der Waals surface area contributed by atoms with Crippen LogP contribution in [0.3, 0.4) is 0 Å². The average molecular weight is 274 g/mol. The molecule has 0 spiro atoms. The number of rotatable bonds is 6. The predicted octanol–water partition coefficient (Wildman–Crippen LogP) is 4.27. The number of carbonyl (C=O) groups excluding carboxylic acids is 1. The van der Waals surface area contributed by atoms with Gasteiger partial charge in [-0.05, 0) is 56.6 Å².